The third kappa shape index (κ3) is 12.5. The van der Waals surface area contributed by atoms with E-state index in [9.17, 15) is 4.79 Å². The Morgan fingerprint density at radius 1 is 0.378 bits per heavy atom. The van der Waals surface area contributed by atoms with E-state index in [1.807, 2.05) is 0 Å². The standard InChI is InChI=1S/C60H68N4P2.C3H6NO.2ClH.Ru/c1-37-29-47(30-38(2)57(37)61(9)10)65(48-31-39(3)58(62(11)12)40(4)32-48)53-27-25-45-21-17-19-23-51(45)55(53)56-52-24-20-18-22-46(52)26-28-54(56)66(49-33-41(5)59(63(13)14)42(6)34-49)50-35-43(7)60(64(15)16)44(8)36-50;1-4(2)3-5;;;/h17-36H,1-16H3;1-2H3;2*1H;/q;-1;;;+2/p-2. The molecule has 1 amide bonds. The van der Waals surface area contributed by atoms with Crippen LogP contribution in [0.1, 0.15) is 44.5 Å². The molecule has 0 unspecified atom stereocenters. The Bertz CT molecular complexity index is 2890. The molecule has 0 saturated heterocycles. The van der Waals surface area contributed by atoms with E-state index in [4.69, 9.17) is 19.4 Å². The molecule has 0 bridgehead atoms. The number of hydrogen-bond donors (Lipinski definition) is 0. The number of amides is 1. The maximum atomic E-state index is 9.31. The predicted molar refractivity (Wildman–Crippen MR) is 331 cm³/mol. The van der Waals surface area contributed by atoms with Crippen LogP contribution in [-0.4, -0.2) is 81.8 Å². The molecule has 390 valence electrons. The Hall–Kier alpha value is -4.99. The van der Waals surface area contributed by atoms with E-state index < -0.39 is 15.8 Å². The van der Waals surface area contributed by atoms with Gasteiger partial charge in [-0.15, -0.1) is 0 Å². The first-order valence-electron chi connectivity index (χ1n) is 24.7. The second-order valence-electron chi connectivity index (χ2n) is 20.4. The summed E-state index contributed by atoms with van der Waals surface area (Å²) in [4.78, 5) is 19.7. The second kappa shape index (κ2) is 25.2. The molecule has 0 N–H and O–H groups in total. The molecular formula is C63H74Cl2N5OP2Ru-. The van der Waals surface area contributed by atoms with Crippen molar-refractivity contribution in [1.29, 1.82) is 0 Å². The summed E-state index contributed by atoms with van der Waals surface area (Å²) in [5, 5.41) is 13.3. The van der Waals surface area contributed by atoms with Gasteiger partial charge in [-0.05, 0) is 243 Å². The Labute approximate surface area is 461 Å². The van der Waals surface area contributed by atoms with Gasteiger partial charge in [0.1, 0.15) is 0 Å². The van der Waals surface area contributed by atoms with Crippen molar-refractivity contribution in [2.45, 2.75) is 55.4 Å². The van der Waals surface area contributed by atoms with Crippen molar-refractivity contribution in [3.63, 3.8) is 0 Å². The topological polar surface area (TPSA) is 33.3 Å². The molecule has 0 aliphatic heterocycles. The van der Waals surface area contributed by atoms with Crippen LogP contribution in [0.3, 0.4) is 0 Å². The monoisotopic (exact) mass is 1150 g/mol. The van der Waals surface area contributed by atoms with Crippen molar-refractivity contribution in [3.05, 3.63) is 166 Å². The Balaban J connectivity index is 0.00000104. The number of benzene rings is 8. The second-order valence-corrected chi connectivity index (χ2v) is 27.4. The van der Waals surface area contributed by atoms with Gasteiger partial charge in [-0.3, -0.25) is 0 Å². The van der Waals surface area contributed by atoms with E-state index in [1.165, 1.54) is 137 Å². The number of aryl methyl sites for hydroxylation is 8. The average molecular weight is 1150 g/mol. The van der Waals surface area contributed by atoms with Crippen molar-refractivity contribution < 1.29 is 19.9 Å². The van der Waals surface area contributed by atoms with Gasteiger partial charge in [-0.25, -0.2) is 0 Å². The number of hydrogen-bond acceptors (Lipinski definition) is 5. The van der Waals surface area contributed by atoms with Crippen molar-refractivity contribution in [1.82, 2.24) is 4.90 Å². The molecule has 0 saturated carbocycles. The molecule has 0 heterocycles. The first-order valence-corrected chi connectivity index (χ1v) is 31.9. The van der Waals surface area contributed by atoms with Crippen molar-refractivity contribution in [2.75, 3.05) is 90.1 Å². The van der Waals surface area contributed by atoms with Gasteiger partial charge in [0.25, 0.3) is 0 Å². The van der Waals surface area contributed by atoms with Crippen molar-refractivity contribution in [2.24, 2.45) is 0 Å². The van der Waals surface area contributed by atoms with Crippen molar-refractivity contribution >= 4 is 118 Å². The fourth-order valence-corrected chi connectivity index (χ4v) is 17.0. The zero-order chi connectivity index (χ0) is 54.5. The number of rotatable bonds is 12. The van der Waals surface area contributed by atoms with Crippen LogP contribution in [0.25, 0.3) is 32.7 Å². The summed E-state index contributed by atoms with van der Waals surface area (Å²) in [6.45, 7) is 18.3. The minimum absolute atomic E-state index is 0.346. The molecule has 0 aromatic heterocycles. The summed E-state index contributed by atoms with van der Waals surface area (Å²) < 4.78 is 0. The molecule has 0 aliphatic rings. The zero-order valence-electron chi connectivity index (χ0n) is 46.7. The molecule has 8 aromatic rings. The molecule has 8 rings (SSSR count). The van der Waals surface area contributed by atoms with Crippen LogP contribution < -0.4 is 51.4 Å². The number of anilines is 4. The fraction of sp³-hybridized carbons (Fsp3) is 0.286. The van der Waals surface area contributed by atoms with E-state index in [0.29, 0.717) is 0 Å². The van der Waals surface area contributed by atoms with E-state index in [1.54, 1.807) is 20.5 Å². The third-order valence-corrected chi connectivity index (χ3v) is 18.3. The Morgan fingerprint density at radius 3 is 0.797 bits per heavy atom. The van der Waals surface area contributed by atoms with E-state index >= 15 is 0 Å². The van der Waals surface area contributed by atoms with Gasteiger partial charge in [0.2, 0.25) is 0 Å². The Kier molecular flexibility index (Phi) is 19.9. The molecule has 74 heavy (non-hydrogen) atoms. The van der Waals surface area contributed by atoms with E-state index in [2.05, 4.69) is 253 Å². The van der Waals surface area contributed by atoms with E-state index in [0.717, 1.165) is 0 Å². The molecule has 8 aromatic carbocycles. The summed E-state index contributed by atoms with van der Waals surface area (Å²) >= 11 is -0.346. The predicted octanol–water partition coefficient (Wildman–Crippen LogP) is 12.9. The van der Waals surface area contributed by atoms with Crippen molar-refractivity contribution in [3.8, 4) is 11.1 Å². The van der Waals surface area contributed by atoms with Crippen LogP contribution in [0.4, 0.5) is 22.7 Å². The average Bonchev–Trinajstić information content (AvgIpc) is 3.31. The molecule has 6 nitrogen and oxygen atoms in total. The summed E-state index contributed by atoms with van der Waals surface area (Å²) in [7, 11) is 28.2. The summed E-state index contributed by atoms with van der Waals surface area (Å²) in [5.74, 6) is 0. The van der Waals surface area contributed by atoms with Crippen LogP contribution in [0.5, 0.6) is 0 Å². The minimum atomic E-state index is -1.07. The molecule has 0 atom stereocenters. The van der Waals surface area contributed by atoms with Gasteiger partial charge >= 0.3 is 34.5 Å². The van der Waals surface area contributed by atoms with Gasteiger partial charge in [0.05, 0.1) is 0 Å². The number of carbonyl (C=O) groups excluding carboxylic acids is 1. The van der Waals surface area contributed by atoms with Gasteiger partial charge in [0.15, 0.2) is 0 Å². The van der Waals surface area contributed by atoms with Crippen LogP contribution in [-0.2, 0) is 19.9 Å². The van der Waals surface area contributed by atoms with Crippen LogP contribution in [0.15, 0.2) is 121 Å². The van der Waals surface area contributed by atoms with Crippen LogP contribution in [0.2, 0.25) is 0 Å². The molecular weight excluding hydrogens is 1080 g/mol. The molecule has 0 spiro atoms. The summed E-state index contributed by atoms with van der Waals surface area (Å²) in [5.41, 5.74) is 18.3. The first kappa shape index (κ1) is 58.3. The number of halogens is 2. The fourth-order valence-electron chi connectivity index (χ4n) is 11.3. The zero-order valence-corrected chi connectivity index (χ0v) is 51.7. The van der Waals surface area contributed by atoms with Gasteiger partial charge in [0, 0.05) is 79.1 Å². The number of fused-ring (bicyclic) bond motifs is 2. The summed E-state index contributed by atoms with van der Waals surface area (Å²) in [6.07, 6.45) is 1.61. The molecule has 0 radical (unpaired) electrons. The summed E-state index contributed by atoms with van der Waals surface area (Å²) in [6, 6.07) is 47.9. The maximum absolute atomic E-state index is 9.31. The van der Waals surface area contributed by atoms with Crippen LogP contribution >= 0.6 is 35.2 Å². The molecule has 0 aliphatic carbocycles. The normalized spacial score (nSPS) is 11.1. The first-order chi connectivity index (χ1) is 35.1. The van der Waals surface area contributed by atoms with Gasteiger partial charge in [-0.1, -0.05) is 72.8 Å². The van der Waals surface area contributed by atoms with Gasteiger partial charge < -0.3 is 29.3 Å². The third-order valence-electron chi connectivity index (χ3n) is 13.5. The Morgan fingerprint density at radius 2 is 0.595 bits per heavy atom. The quantitative estimate of drug-likeness (QED) is 0.0527. The van der Waals surface area contributed by atoms with Gasteiger partial charge in [-0.2, -0.15) is 6.41 Å². The van der Waals surface area contributed by atoms with Crippen LogP contribution in [0, 0.1) is 55.4 Å². The molecule has 11 heteroatoms. The van der Waals surface area contributed by atoms with E-state index in [-0.39, 0.29) is 15.1 Å². The number of nitrogens with zero attached hydrogens (tertiary/aromatic N) is 5. The molecule has 0 fully saturated rings. The SMILES string of the molecule is CN(C)[C-]=O.Cc1cc(P(c2cc(C)c(N(C)C)c(C)c2)c2ccc3ccccc3c2-c2c(P(c3cc(C)c(N(C)C)c(C)c3)c3cc(C)c(N(C)C)c(C)c3)ccc3ccccc23)cc(C)c1N(C)C.[Cl][Ru][Cl].